The minimum Gasteiger partial charge on any atom is -0.494 e. The predicted octanol–water partition coefficient (Wildman–Crippen LogP) is 2.93. The van der Waals surface area contributed by atoms with Crippen molar-refractivity contribution in [2.45, 2.75) is 18.5 Å². The topological polar surface area (TPSA) is 75.6 Å². The van der Waals surface area contributed by atoms with E-state index in [4.69, 9.17) is 4.74 Å². The van der Waals surface area contributed by atoms with E-state index in [1.807, 2.05) is 0 Å². The summed E-state index contributed by atoms with van der Waals surface area (Å²) in [7, 11) is 1.37. The quantitative estimate of drug-likeness (QED) is 0.623. The molecule has 5 rings (SSSR count). The average Bonchev–Trinajstić information content (AvgIpc) is 3.43. The molecule has 9 heteroatoms. The summed E-state index contributed by atoms with van der Waals surface area (Å²) in [5.41, 5.74) is -0.0355. The van der Waals surface area contributed by atoms with Crippen molar-refractivity contribution >= 4 is 17.3 Å². The second-order valence-electron chi connectivity index (χ2n) is 8.15. The Balaban J connectivity index is 1.50. The number of para-hydroxylation sites is 1. The number of carbonyl (C=O) groups is 1. The number of methoxy groups -OCH3 is 1. The van der Waals surface area contributed by atoms with Crippen LogP contribution in [0.25, 0.3) is 5.69 Å². The third kappa shape index (κ3) is 3.74. The third-order valence-electron chi connectivity index (χ3n) is 6.18. The predicted molar refractivity (Wildman–Crippen MR) is 120 cm³/mol. The first-order chi connectivity index (χ1) is 16.0. The number of amides is 1. The number of hydrogen-bond acceptors (Lipinski definition) is 5. The number of ether oxygens (including phenoxy) is 1. The molecule has 170 valence electrons. The Morgan fingerprint density at radius 2 is 2.03 bits per heavy atom. The second-order valence-corrected chi connectivity index (χ2v) is 8.15. The van der Waals surface area contributed by atoms with Crippen molar-refractivity contribution in [3.8, 4) is 11.4 Å². The van der Waals surface area contributed by atoms with Crippen LogP contribution in [0, 0.1) is 11.6 Å². The van der Waals surface area contributed by atoms with E-state index in [0.717, 1.165) is 24.1 Å². The van der Waals surface area contributed by atoms with Gasteiger partial charge in [-0.2, -0.15) is 0 Å². The molecule has 0 saturated carbocycles. The number of nitrogens with one attached hydrogen (secondary N) is 2. The van der Waals surface area contributed by atoms with Gasteiger partial charge in [-0.1, -0.05) is 6.07 Å². The monoisotopic (exact) mass is 452 g/mol. The molecule has 2 bridgehead atoms. The van der Waals surface area contributed by atoms with E-state index in [0.29, 0.717) is 11.7 Å². The highest BCUT2D eigenvalue weighted by molar-refractivity contribution is 6.05. The van der Waals surface area contributed by atoms with E-state index < -0.39 is 23.1 Å². The minimum atomic E-state index is -0.721. The van der Waals surface area contributed by atoms with E-state index in [1.54, 1.807) is 6.07 Å². The molecule has 33 heavy (non-hydrogen) atoms. The van der Waals surface area contributed by atoms with Crippen LogP contribution in [0.2, 0.25) is 0 Å². The molecule has 1 unspecified atom stereocenters. The molecule has 2 saturated heterocycles. The summed E-state index contributed by atoms with van der Waals surface area (Å²) < 4.78 is 34.8. The number of aromatic nitrogens is 1. The molecule has 2 fully saturated rings. The van der Waals surface area contributed by atoms with Gasteiger partial charge in [0.05, 0.1) is 18.5 Å². The van der Waals surface area contributed by atoms with Crippen molar-refractivity contribution in [2.24, 2.45) is 0 Å². The Kier molecular flexibility index (Phi) is 5.33. The zero-order valence-electron chi connectivity index (χ0n) is 17.8. The van der Waals surface area contributed by atoms with Crippen LogP contribution in [0.5, 0.6) is 5.75 Å². The maximum Gasteiger partial charge on any atom is 0.268 e. The van der Waals surface area contributed by atoms with Gasteiger partial charge in [0.1, 0.15) is 22.8 Å². The molecular weight excluding hydrogens is 430 g/mol. The molecule has 2 aromatic carbocycles. The summed E-state index contributed by atoms with van der Waals surface area (Å²) >= 11 is 0. The van der Waals surface area contributed by atoms with Gasteiger partial charge < -0.3 is 20.3 Å². The van der Waals surface area contributed by atoms with Crippen molar-refractivity contribution in [1.82, 2.24) is 9.88 Å². The fourth-order valence-corrected chi connectivity index (χ4v) is 4.64. The summed E-state index contributed by atoms with van der Waals surface area (Å²) in [6.45, 7) is 1.58. The number of benzene rings is 2. The first-order valence-corrected chi connectivity index (χ1v) is 10.6. The Hall–Kier alpha value is -3.72. The fraction of sp³-hybridized carbons (Fsp3) is 0.250. The van der Waals surface area contributed by atoms with Gasteiger partial charge in [-0.25, -0.2) is 8.78 Å². The number of piperazine rings is 1. The molecule has 2 aliphatic heterocycles. The van der Waals surface area contributed by atoms with E-state index in [2.05, 4.69) is 15.5 Å². The summed E-state index contributed by atoms with van der Waals surface area (Å²) in [5.74, 6) is -1.73. The minimum absolute atomic E-state index is 0.0910. The van der Waals surface area contributed by atoms with Gasteiger partial charge in [0.2, 0.25) is 0 Å². The van der Waals surface area contributed by atoms with Gasteiger partial charge in [0, 0.05) is 31.4 Å². The molecule has 0 aliphatic carbocycles. The molecule has 0 radical (unpaired) electrons. The lowest BCUT2D eigenvalue weighted by Crippen LogP contribution is -2.44. The second kappa shape index (κ2) is 8.32. The Morgan fingerprint density at radius 3 is 2.76 bits per heavy atom. The number of pyridine rings is 1. The van der Waals surface area contributed by atoms with E-state index in [1.165, 1.54) is 55.8 Å². The van der Waals surface area contributed by atoms with Gasteiger partial charge in [0.25, 0.3) is 11.5 Å². The van der Waals surface area contributed by atoms with Crippen molar-refractivity contribution in [1.29, 1.82) is 0 Å². The Labute approximate surface area is 188 Å². The van der Waals surface area contributed by atoms with Crippen molar-refractivity contribution < 1.29 is 18.3 Å². The van der Waals surface area contributed by atoms with Crippen molar-refractivity contribution in [3.05, 3.63) is 82.3 Å². The van der Waals surface area contributed by atoms with Crippen LogP contribution < -0.4 is 25.8 Å². The maximum atomic E-state index is 14.5. The normalized spacial score (nSPS) is 19.1. The zero-order chi connectivity index (χ0) is 23.1. The van der Waals surface area contributed by atoms with Crippen LogP contribution in [0.1, 0.15) is 16.8 Å². The van der Waals surface area contributed by atoms with E-state index in [-0.39, 0.29) is 28.7 Å². The van der Waals surface area contributed by atoms with Gasteiger partial charge in [-0.05, 0) is 48.9 Å². The van der Waals surface area contributed by atoms with Crippen molar-refractivity contribution in [2.75, 3.05) is 30.4 Å². The van der Waals surface area contributed by atoms with Crippen LogP contribution in [0.4, 0.5) is 20.2 Å². The van der Waals surface area contributed by atoms with Crippen LogP contribution in [0.15, 0.2) is 59.5 Å². The van der Waals surface area contributed by atoms with Gasteiger partial charge in [-0.3, -0.25) is 14.2 Å². The van der Waals surface area contributed by atoms with Crippen LogP contribution in [0.3, 0.4) is 0 Å². The maximum absolute atomic E-state index is 14.5. The number of carbonyl (C=O) groups excluding carboxylic acids is 1. The number of halogens is 2. The lowest BCUT2D eigenvalue weighted by Gasteiger charge is -2.31. The lowest BCUT2D eigenvalue weighted by molar-refractivity contribution is 0.102. The molecule has 1 aromatic heterocycles. The van der Waals surface area contributed by atoms with Crippen LogP contribution >= 0.6 is 0 Å². The first kappa shape index (κ1) is 21.1. The third-order valence-corrected chi connectivity index (χ3v) is 6.18. The summed E-state index contributed by atoms with van der Waals surface area (Å²) in [6.07, 6.45) is 2.35. The lowest BCUT2D eigenvalue weighted by atomic mass is 10.1. The number of anilines is 2. The molecule has 7 nitrogen and oxygen atoms in total. The highest BCUT2D eigenvalue weighted by Crippen LogP contribution is 2.35. The molecule has 2 aliphatic rings. The van der Waals surface area contributed by atoms with Gasteiger partial charge in [-0.15, -0.1) is 0 Å². The standard InChI is InChI=1S/C24H22F2N4O3/c1-33-21-6-2-5-18(26)22(21)29-9-3-4-17(24(29)32)23(31)28-19-10-14(25)7-8-20(19)30-13-15-11-16(30)12-27-15/h2-10,15-16,27H,11-13H2,1H3,(H,28,31)/t15-,16?/m1/s1. The summed E-state index contributed by atoms with van der Waals surface area (Å²) in [5, 5.41) is 6.10. The molecule has 3 aromatic rings. The van der Waals surface area contributed by atoms with Gasteiger partial charge >= 0.3 is 0 Å². The number of hydrogen-bond donors (Lipinski definition) is 2. The highest BCUT2D eigenvalue weighted by Gasteiger charge is 2.38. The molecule has 1 amide bonds. The van der Waals surface area contributed by atoms with E-state index in [9.17, 15) is 18.4 Å². The SMILES string of the molecule is COc1cccc(F)c1-n1cccc(C(=O)Nc2cc(F)ccc2N2C[C@H]3CC2CN3)c1=O. The fourth-order valence-electron chi connectivity index (χ4n) is 4.64. The molecule has 2 atom stereocenters. The van der Waals surface area contributed by atoms with E-state index >= 15 is 0 Å². The van der Waals surface area contributed by atoms with Crippen LogP contribution in [-0.4, -0.2) is 42.8 Å². The molecular formula is C24H22F2N4O3. The van der Waals surface area contributed by atoms with Crippen molar-refractivity contribution in [3.63, 3.8) is 0 Å². The molecule has 0 spiro atoms. The van der Waals surface area contributed by atoms with Crippen LogP contribution in [-0.2, 0) is 0 Å². The number of nitrogens with zero attached hydrogens (tertiary/aromatic N) is 2. The number of rotatable bonds is 5. The highest BCUT2D eigenvalue weighted by atomic mass is 19.1. The summed E-state index contributed by atoms with van der Waals surface area (Å²) in [6, 6.07) is 11.9. The number of fused-ring (bicyclic) bond motifs is 2. The first-order valence-electron chi connectivity index (χ1n) is 10.6. The Bertz CT molecular complexity index is 1290. The molecule has 2 N–H and O–H groups in total. The molecule has 3 heterocycles. The zero-order valence-corrected chi connectivity index (χ0v) is 17.8. The van der Waals surface area contributed by atoms with Gasteiger partial charge in [0.15, 0.2) is 5.82 Å². The summed E-state index contributed by atoms with van der Waals surface area (Å²) in [4.78, 5) is 28.4. The Morgan fingerprint density at radius 1 is 1.18 bits per heavy atom. The largest absolute Gasteiger partial charge is 0.494 e. The average molecular weight is 452 g/mol. The smallest absolute Gasteiger partial charge is 0.268 e.